The third-order valence-electron chi connectivity index (χ3n) is 13.8. The Morgan fingerprint density at radius 1 is 0.958 bits per heavy atom. The van der Waals surface area contributed by atoms with Crippen molar-refractivity contribution in [3.63, 3.8) is 0 Å². The summed E-state index contributed by atoms with van der Waals surface area (Å²) in [7, 11) is 9.84. The molecule has 1 heterocycles. The van der Waals surface area contributed by atoms with Gasteiger partial charge in [-0.25, -0.2) is 4.79 Å². The minimum atomic E-state index is -1.50. The lowest BCUT2D eigenvalue weighted by atomic mass is 9.42. The number of piperidine rings is 1. The van der Waals surface area contributed by atoms with Gasteiger partial charge in [0.15, 0.2) is 11.5 Å². The summed E-state index contributed by atoms with van der Waals surface area (Å²) >= 11 is 0. The molecule has 1 aliphatic heterocycles. The number of hydrogen-bond donors (Lipinski definition) is 2. The van der Waals surface area contributed by atoms with Gasteiger partial charge in [-0.3, -0.25) is 4.90 Å². The first-order chi connectivity index (χ1) is 23.1. The van der Waals surface area contributed by atoms with Crippen molar-refractivity contribution < 1.29 is 52.9 Å². The quantitative estimate of drug-likeness (QED) is 0.315. The van der Waals surface area contributed by atoms with Crippen molar-refractivity contribution >= 4 is 5.97 Å². The van der Waals surface area contributed by atoms with E-state index in [1.54, 1.807) is 46.6 Å². The maximum atomic E-state index is 14.1. The zero-order chi connectivity index (χ0) is 34.4. The molecular formula is C36H53NO11. The van der Waals surface area contributed by atoms with E-state index in [1.807, 2.05) is 6.92 Å². The van der Waals surface area contributed by atoms with Gasteiger partial charge in [0.05, 0.1) is 56.4 Å². The van der Waals surface area contributed by atoms with E-state index in [9.17, 15) is 15.0 Å². The number of rotatable bonds is 12. The minimum absolute atomic E-state index is 0.0344. The summed E-state index contributed by atoms with van der Waals surface area (Å²) in [5.41, 5.74) is -3.31. The highest BCUT2D eigenvalue weighted by Gasteiger charge is 2.90. The number of fused-ring (bicyclic) bond motifs is 2. The fourth-order valence-corrected chi connectivity index (χ4v) is 12.7. The summed E-state index contributed by atoms with van der Waals surface area (Å²) < 4.78 is 49.7. The van der Waals surface area contributed by atoms with E-state index in [2.05, 4.69) is 11.8 Å². The van der Waals surface area contributed by atoms with Gasteiger partial charge in [-0.1, -0.05) is 6.92 Å². The molecule has 1 aromatic carbocycles. The highest BCUT2D eigenvalue weighted by molar-refractivity contribution is 5.90. The van der Waals surface area contributed by atoms with E-state index in [0.717, 1.165) is 6.54 Å². The van der Waals surface area contributed by atoms with Crippen LogP contribution < -0.4 is 9.47 Å². The molecule has 7 bridgehead atoms. The number of nitrogens with zero attached hydrogens (tertiary/aromatic N) is 1. The number of methoxy groups -OCH3 is 6. The smallest absolute Gasteiger partial charge is 0.338 e. The molecule has 1 saturated heterocycles. The number of benzene rings is 1. The average Bonchev–Trinajstić information content (AvgIpc) is 3.46. The van der Waals surface area contributed by atoms with Crippen LogP contribution >= 0.6 is 0 Å². The van der Waals surface area contributed by atoms with Gasteiger partial charge >= 0.3 is 5.97 Å². The molecule has 5 aliphatic carbocycles. The third-order valence-corrected chi connectivity index (χ3v) is 13.8. The van der Waals surface area contributed by atoms with Crippen LogP contribution in [0.5, 0.6) is 11.5 Å². The Morgan fingerprint density at radius 2 is 1.69 bits per heavy atom. The standard InChI is InChI=1S/C36H53NO11/c1-9-37-17-33(18-41-3)23(38)14-24(44-6)36-20-15-34(40)25(45-7)16-35(47-10-2,27(30(36)37)28(46-8)29(33)36)26(20)31(34)48-32(39)19-11-12-21(42-4)22(13-19)43-5/h11-13,20,23-31,38,40H,9-10,14-18H2,1-8H3/t20-,23-,24+,25+,26-,27-,28+,29-,30+,31-,33+,34+,35-,36?/m1/s1. The maximum absolute atomic E-state index is 14.1. The number of ether oxygens (including phenoxy) is 8. The Labute approximate surface area is 283 Å². The topological polar surface area (TPSA) is 135 Å². The van der Waals surface area contributed by atoms with Crippen molar-refractivity contribution in [3.8, 4) is 11.5 Å². The molecule has 5 saturated carbocycles. The molecule has 12 nitrogen and oxygen atoms in total. The monoisotopic (exact) mass is 675 g/mol. The van der Waals surface area contributed by atoms with Crippen LogP contribution in [0.15, 0.2) is 18.2 Å². The lowest BCUT2D eigenvalue weighted by Gasteiger charge is -2.70. The van der Waals surface area contributed by atoms with E-state index in [0.29, 0.717) is 50.5 Å². The molecule has 7 rings (SSSR count). The van der Waals surface area contributed by atoms with Crippen molar-refractivity contribution in [1.29, 1.82) is 0 Å². The Hall–Kier alpha value is -2.03. The SMILES string of the molecule is CCO[C@]12C[C@H](OC)[C@@]3(O)C[C@H]([C@@H]1[C@H]3OC(=O)c1ccc(OC)c(OC)c1)C13[C@@H](OC)C[C@@H](O)[C@@]4(COC)CN(CC)[C@H]1[C@H]2[C@H](OC)[C@@H]34. The molecule has 14 atom stereocenters. The third kappa shape index (κ3) is 4.03. The van der Waals surface area contributed by atoms with Crippen molar-refractivity contribution in [2.45, 2.75) is 80.9 Å². The lowest BCUT2D eigenvalue weighted by molar-refractivity contribution is -0.304. The van der Waals surface area contributed by atoms with E-state index in [-0.39, 0.29) is 41.6 Å². The van der Waals surface area contributed by atoms with Crippen molar-refractivity contribution in [1.82, 2.24) is 4.90 Å². The molecule has 0 aromatic heterocycles. The van der Waals surface area contributed by atoms with Gasteiger partial charge in [0, 0.05) is 89.1 Å². The van der Waals surface area contributed by atoms with E-state index in [1.165, 1.54) is 14.2 Å². The predicted molar refractivity (Wildman–Crippen MR) is 172 cm³/mol. The second kappa shape index (κ2) is 12.0. The van der Waals surface area contributed by atoms with Crippen molar-refractivity contribution in [2.75, 3.05) is 69.0 Å². The molecule has 1 aromatic rings. The summed E-state index contributed by atoms with van der Waals surface area (Å²) in [6, 6.07) is 4.87. The van der Waals surface area contributed by atoms with Gasteiger partial charge in [-0.15, -0.1) is 0 Å². The van der Waals surface area contributed by atoms with Crippen molar-refractivity contribution in [2.24, 2.45) is 34.5 Å². The first-order valence-electron chi connectivity index (χ1n) is 17.4. The van der Waals surface area contributed by atoms with Crippen LogP contribution in [0, 0.1) is 34.5 Å². The first-order valence-corrected chi connectivity index (χ1v) is 17.4. The van der Waals surface area contributed by atoms with Crippen LogP contribution in [0.3, 0.4) is 0 Å². The second-order valence-corrected chi connectivity index (χ2v) is 14.9. The molecule has 0 radical (unpaired) electrons. The van der Waals surface area contributed by atoms with Crippen LogP contribution in [0.4, 0.5) is 0 Å². The highest BCUT2D eigenvalue weighted by Crippen LogP contribution is 2.80. The molecule has 6 fully saturated rings. The molecule has 6 aliphatic rings. The normalized spacial score (nSPS) is 46.8. The summed E-state index contributed by atoms with van der Waals surface area (Å²) in [5.74, 6) is -0.656. The Morgan fingerprint density at radius 3 is 2.29 bits per heavy atom. The fraction of sp³-hybridized carbons (Fsp3) is 0.806. The second-order valence-electron chi connectivity index (χ2n) is 14.9. The van der Waals surface area contributed by atoms with Crippen LogP contribution in [-0.2, 0) is 28.4 Å². The largest absolute Gasteiger partial charge is 0.493 e. The molecule has 0 amide bonds. The molecule has 268 valence electrons. The van der Waals surface area contributed by atoms with Gasteiger partial charge in [-0.2, -0.15) is 0 Å². The van der Waals surface area contributed by atoms with Crippen molar-refractivity contribution in [3.05, 3.63) is 23.8 Å². The van der Waals surface area contributed by atoms with Gasteiger partial charge in [0.1, 0.15) is 11.7 Å². The summed E-state index contributed by atoms with van der Waals surface area (Å²) in [5, 5.41) is 25.0. The van der Waals surface area contributed by atoms with Gasteiger partial charge < -0.3 is 48.1 Å². The molecule has 12 heteroatoms. The van der Waals surface area contributed by atoms with Gasteiger partial charge in [0.2, 0.25) is 0 Å². The van der Waals surface area contributed by atoms with Crippen LogP contribution in [-0.4, -0.2) is 138 Å². The number of esters is 1. The summed E-state index contributed by atoms with van der Waals surface area (Å²) in [4.78, 5) is 16.6. The molecular weight excluding hydrogens is 622 g/mol. The number of hydrogen-bond acceptors (Lipinski definition) is 12. The van der Waals surface area contributed by atoms with E-state index >= 15 is 0 Å². The predicted octanol–water partition coefficient (Wildman–Crippen LogP) is 2.17. The maximum Gasteiger partial charge on any atom is 0.338 e. The number of aliphatic hydroxyl groups excluding tert-OH is 1. The van der Waals surface area contributed by atoms with Gasteiger partial charge in [-0.05, 0) is 44.0 Å². The Bertz CT molecular complexity index is 1400. The molecule has 1 spiro atoms. The van der Waals surface area contributed by atoms with Crippen LogP contribution in [0.1, 0.15) is 43.5 Å². The molecule has 1 unspecified atom stereocenters. The van der Waals surface area contributed by atoms with Gasteiger partial charge in [0.25, 0.3) is 0 Å². The number of carbonyl (C=O) groups is 1. The van der Waals surface area contributed by atoms with E-state index < -0.39 is 52.2 Å². The lowest BCUT2D eigenvalue weighted by Crippen LogP contribution is -2.79. The number of aliphatic hydroxyl groups is 2. The average molecular weight is 676 g/mol. The van der Waals surface area contributed by atoms with Crippen LogP contribution in [0.2, 0.25) is 0 Å². The summed E-state index contributed by atoms with van der Waals surface area (Å²) in [6.07, 6.45) is -1.81. The van der Waals surface area contributed by atoms with Crippen LogP contribution in [0.25, 0.3) is 0 Å². The minimum Gasteiger partial charge on any atom is -0.493 e. The zero-order valence-electron chi connectivity index (χ0n) is 29.5. The Balaban J connectivity index is 1.44. The number of carbonyl (C=O) groups excluding carboxylic acids is 1. The molecule has 2 N–H and O–H groups in total. The number of likely N-dealkylation sites (tertiary alicyclic amines) is 1. The fourth-order valence-electron chi connectivity index (χ4n) is 12.7. The Kier molecular flexibility index (Phi) is 8.64. The molecule has 48 heavy (non-hydrogen) atoms. The van der Waals surface area contributed by atoms with E-state index in [4.69, 9.17) is 37.9 Å². The summed E-state index contributed by atoms with van der Waals surface area (Å²) in [6.45, 7) is 6.32. The zero-order valence-corrected chi connectivity index (χ0v) is 29.5. The highest BCUT2D eigenvalue weighted by atomic mass is 16.6. The first kappa shape index (κ1) is 34.4.